The molecular weight excluding hydrogens is 256 g/mol. The number of fused-ring (bicyclic) bond motifs is 3. The molecule has 0 aromatic carbocycles. The van der Waals surface area contributed by atoms with Crippen LogP contribution in [0.2, 0.25) is 0 Å². The molecule has 21 heavy (non-hydrogen) atoms. The van der Waals surface area contributed by atoms with Crippen LogP contribution in [0, 0.1) is 28.1 Å². The molecule has 116 valence electrons. The van der Waals surface area contributed by atoms with Gasteiger partial charge in [-0.05, 0) is 61.2 Å². The van der Waals surface area contributed by atoms with Crippen LogP contribution in [0.5, 0.6) is 0 Å². The van der Waals surface area contributed by atoms with Crippen molar-refractivity contribution in [3.8, 4) is 0 Å². The number of allylic oxidation sites excluding steroid dienone is 3. The molecule has 0 amide bonds. The average molecular weight is 286 g/mol. The van der Waals surface area contributed by atoms with Crippen LogP contribution in [-0.2, 0) is 4.79 Å². The molecule has 0 bridgehead atoms. The highest BCUT2D eigenvalue weighted by Gasteiger charge is 2.55. The summed E-state index contributed by atoms with van der Waals surface area (Å²) in [7, 11) is 0. The number of aldehydes is 1. The van der Waals surface area contributed by atoms with Crippen molar-refractivity contribution in [3.63, 3.8) is 0 Å². The van der Waals surface area contributed by atoms with Gasteiger partial charge in [-0.2, -0.15) is 0 Å². The van der Waals surface area contributed by atoms with E-state index in [0.29, 0.717) is 17.3 Å². The van der Waals surface area contributed by atoms with Crippen molar-refractivity contribution < 1.29 is 4.79 Å². The lowest BCUT2D eigenvalue weighted by Crippen LogP contribution is -2.51. The Morgan fingerprint density at radius 1 is 1.24 bits per heavy atom. The first-order valence-corrected chi connectivity index (χ1v) is 8.66. The van der Waals surface area contributed by atoms with E-state index in [1.165, 1.54) is 38.4 Å². The zero-order valence-corrected chi connectivity index (χ0v) is 14.0. The molecule has 1 heteroatoms. The summed E-state index contributed by atoms with van der Waals surface area (Å²) in [5, 5.41) is 0. The molecule has 2 fully saturated rings. The molecule has 0 aromatic rings. The van der Waals surface area contributed by atoms with E-state index in [2.05, 4.69) is 39.5 Å². The lowest BCUT2D eigenvalue weighted by molar-refractivity contribution is -0.129. The SMILES string of the molecule is C=C[C@]1(C)CC[C@@H]2C(=CC[C@H]3[C@@]2(C)CCC[C@@]3(C)C=O)C1. The maximum atomic E-state index is 11.8. The first-order valence-electron chi connectivity index (χ1n) is 8.66. The van der Waals surface area contributed by atoms with Crippen molar-refractivity contribution in [1.82, 2.24) is 0 Å². The van der Waals surface area contributed by atoms with E-state index >= 15 is 0 Å². The quantitative estimate of drug-likeness (QED) is 0.496. The molecule has 2 saturated carbocycles. The Kier molecular flexibility index (Phi) is 3.46. The van der Waals surface area contributed by atoms with Crippen LogP contribution in [0.3, 0.4) is 0 Å². The number of carbonyl (C=O) groups is 1. The smallest absolute Gasteiger partial charge is 0.126 e. The fraction of sp³-hybridized carbons (Fsp3) is 0.750. The van der Waals surface area contributed by atoms with Gasteiger partial charge in [-0.15, -0.1) is 6.58 Å². The Bertz CT molecular complexity index is 490. The second-order valence-corrected chi connectivity index (χ2v) is 8.68. The molecule has 5 atom stereocenters. The summed E-state index contributed by atoms with van der Waals surface area (Å²) in [4.78, 5) is 11.8. The summed E-state index contributed by atoms with van der Waals surface area (Å²) in [6, 6.07) is 0. The largest absolute Gasteiger partial charge is 0.303 e. The fourth-order valence-corrected chi connectivity index (χ4v) is 5.80. The number of carbonyl (C=O) groups excluding carboxylic acids is 1. The Balaban J connectivity index is 1.96. The summed E-state index contributed by atoms with van der Waals surface area (Å²) in [6.07, 6.45) is 14.3. The van der Waals surface area contributed by atoms with Gasteiger partial charge < -0.3 is 4.79 Å². The minimum atomic E-state index is -0.103. The van der Waals surface area contributed by atoms with E-state index in [4.69, 9.17) is 0 Å². The highest BCUT2D eigenvalue weighted by atomic mass is 16.1. The summed E-state index contributed by atoms with van der Waals surface area (Å²) in [6.45, 7) is 11.1. The van der Waals surface area contributed by atoms with Gasteiger partial charge in [-0.3, -0.25) is 0 Å². The molecule has 0 N–H and O–H groups in total. The fourth-order valence-electron chi connectivity index (χ4n) is 5.80. The van der Waals surface area contributed by atoms with Crippen LogP contribution < -0.4 is 0 Å². The standard InChI is InChI=1S/C20H30O/c1-5-18(2)12-9-16-15(13-18)7-8-17-19(3,14-21)10-6-11-20(16,17)4/h5,7,14,16-17H,1,6,8-13H2,2-4H3/t16-,17-,18-,19+,20+/m1/s1. The van der Waals surface area contributed by atoms with Crippen molar-refractivity contribution in [3.05, 3.63) is 24.3 Å². The van der Waals surface area contributed by atoms with Gasteiger partial charge in [0.15, 0.2) is 0 Å². The Labute approximate surface area is 129 Å². The molecule has 0 aliphatic heterocycles. The van der Waals surface area contributed by atoms with Crippen LogP contribution in [0.1, 0.15) is 65.7 Å². The van der Waals surface area contributed by atoms with E-state index in [9.17, 15) is 4.79 Å². The van der Waals surface area contributed by atoms with Gasteiger partial charge in [0.1, 0.15) is 6.29 Å². The van der Waals surface area contributed by atoms with Gasteiger partial charge in [0.2, 0.25) is 0 Å². The maximum absolute atomic E-state index is 11.8. The predicted octanol–water partition coefficient (Wildman–Crippen LogP) is 5.32. The normalized spacial score (nSPS) is 49.6. The van der Waals surface area contributed by atoms with Crippen molar-refractivity contribution in [2.24, 2.45) is 28.1 Å². The Morgan fingerprint density at radius 2 is 2.00 bits per heavy atom. The van der Waals surface area contributed by atoms with Crippen LogP contribution >= 0.6 is 0 Å². The number of rotatable bonds is 2. The zero-order chi connectivity index (χ0) is 15.3. The van der Waals surface area contributed by atoms with E-state index in [1.54, 1.807) is 5.57 Å². The summed E-state index contributed by atoms with van der Waals surface area (Å²) in [5.41, 5.74) is 2.18. The van der Waals surface area contributed by atoms with Crippen LogP contribution in [-0.4, -0.2) is 6.29 Å². The highest BCUT2D eigenvalue weighted by Crippen LogP contribution is 2.63. The van der Waals surface area contributed by atoms with Crippen molar-refractivity contribution in [1.29, 1.82) is 0 Å². The molecule has 0 spiro atoms. The van der Waals surface area contributed by atoms with Crippen molar-refractivity contribution in [2.75, 3.05) is 0 Å². The molecule has 0 aromatic heterocycles. The molecule has 0 saturated heterocycles. The summed E-state index contributed by atoms with van der Waals surface area (Å²) in [5.74, 6) is 1.24. The second kappa shape index (κ2) is 4.83. The van der Waals surface area contributed by atoms with Gasteiger partial charge >= 0.3 is 0 Å². The first kappa shape index (κ1) is 15.1. The number of hydrogen-bond acceptors (Lipinski definition) is 1. The monoisotopic (exact) mass is 286 g/mol. The van der Waals surface area contributed by atoms with Crippen LogP contribution in [0.15, 0.2) is 24.3 Å². The van der Waals surface area contributed by atoms with E-state index < -0.39 is 0 Å². The van der Waals surface area contributed by atoms with Gasteiger partial charge in [0, 0.05) is 5.41 Å². The van der Waals surface area contributed by atoms with Crippen LogP contribution in [0.4, 0.5) is 0 Å². The molecular formula is C20H30O. The Morgan fingerprint density at radius 3 is 2.67 bits per heavy atom. The Hall–Kier alpha value is -0.850. The maximum Gasteiger partial charge on any atom is 0.126 e. The summed E-state index contributed by atoms with van der Waals surface area (Å²) >= 11 is 0. The number of hydrogen-bond donors (Lipinski definition) is 0. The third-order valence-electron chi connectivity index (χ3n) is 7.26. The van der Waals surface area contributed by atoms with Crippen LogP contribution in [0.25, 0.3) is 0 Å². The molecule has 3 rings (SSSR count). The molecule has 0 radical (unpaired) electrons. The lowest BCUT2D eigenvalue weighted by Gasteiger charge is -2.58. The molecule has 0 unspecified atom stereocenters. The summed E-state index contributed by atoms with van der Waals surface area (Å²) < 4.78 is 0. The zero-order valence-electron chi connectivity index (χ0n) is 14.0. The molecule has 0 heterocycles. The molecule has 3 aliphatic carbocycles. The van der Waals surface area contributed by atoms with Gasteiger partial charge in [-0.1, -0.05) is 44.9 Å². The second-order valence-electron chi connectivity index (χ2n) is 8.68. The van der Waals surface area contributed by atoms with E-state index in [1.807, 2.05) is 0 Å². The first-order chi connectivity index (χ1) is 9.87. The third kappa shape index (κ3) is 2.15. The minimum absolute atomic E-state index is 0.103. The van der Waals surface area contributed by atoms with Crippen molar-refractivity contribution in [2.45, 2.75) is 65.7 Å². The van der Waals surface area contributed by atoms with Gasteiger partial charge in [0.05, 0.1) is 0 Å². The van der Waals surface area contributed by atoms with Gasteiger partial charge in [0.25, 0.3) is 0 Å². The lowest BCUT2D eigenvalue weighted by atomic mass is 9.46. The van der Waals surface area contributed by atoms with Gasteiger partial charge in [-0.25, -0.2) is 0 Å². The molecule has 3 aliphatic rings. The highest BCUT2D eigenvalue weighted by molar-refractivity contribution is 5.60. The van der Waals surface area contributed by atoms with E-state index in [0.717, 1.165) is 12.8 Å². The topological polar surface area (TPSA) is 17.1 Å². The predicted molar refractivity (Wildman–Crippen MR) is 88.0 cm³/mol. The van der Waals surface area contributed by atoms with Crippen molar-refractivity contribution >= 4 is 6.29 Å². The average Bonchev–Trinajstić information content (AvgIpc) is 2.46. The molecule has 1 nitrogen and oxygen atoms in total. The third-order valence-corrected chi connectivity index (χ3v) is 7.26. The van der Waals surface area contributed by atoms with E-state index in [-0.39, 0.29) is 10.8 Å². The minimum Gasteiger partial charge on any atom is -0.303 e.